The highest BCUT2D eigenvalue weighted by Gasteiger charge is 2.13. The van der Waals surface area contributed by atoms with Crippen LogP contribution >= 0.6 is 11.6 Å². The van der Waals surface area contributed by atoms with Crippen molar-refractivity contribution >= 4 is 11.6 Å². The monoisotopic (exact) mass is 210 g/mol. The highest BCUT2D eigenvalue weighted by molar-refractivity contribution is 6.32. The minimum absolute atomic E-state index is 0.675. The lowest BCUT2D eigenvalue weighted by Gasteiger charge is -1.99. The molecule has 2 aromatic heterocycles. The summed E-state index contributed by atoms with van der Waals surface area (Å²) in [6.07, 6.45) is 3.58. The van der Waals surface area contributed by atoms with E-state index in [1.54, 1.807) is 10.9 Å². The third-order valence-corrected chi connectivity index (χ3v) is 2.74. The number of hydrogen-bond acceptors (Lipinski definition) is 2. The fourth-order valence-electron chi connectivity index (χ4n) is 1.32. The van der Waals surface area contributed by atoms with Crippen LogP contribution in [0.15, 0.2) is 12.4 Å². The van der Waals surface area contributed by atoms with E-state index in [-0.39, 0.29) is 0 Å². The highest BCUT2D eigenvalue weighted by Crippen LogP contribution is 2.23. The zero-order valence-electron chi connectivity index (χ0n) is 8.32. The van der Waals surface area contributed by atoms with Crippen LogP contribution in [-0.2, 0) is 7.05 Å². The summed E-state index contributed by atoms with van der Waals surface area (Å²) in [5, 5.41) is 5.00. The van der Waals surface area contributed by atoms with Gasteiger partial charge in [-0.25, -0.2) is 4.98 Å². The van der Waals surface area contributed by atoms with Gasteiger partial charge in [-0.2, -0.15) is 5.10 Å². The Morgan fingerprint density at radius 3 is 2.50 bits per heavy atom. The first-order valence-corrected chi connectivity index (χ1v) is 4.68. The molecule has 0 saturated carbocycles. The Hall–Kier alpha value is -1.29. The molecule has 0 unspecified atom stereocenters. The first-order valence-electron chi connectivity index (χ1n) is 4.30. The van der Waals surface area contributed by atoms with Crippen molar-refractivity contribution in [3.8, 4) is 5.82 Å². The smallest absolute Gasteiger partial charge is 0.179 e. The molecule has 0 saturated heterocycles. The fourth-order valence-corrected chi connectivity index (χ4v) is 1.57. The van der Waals surface area contributed by atoms with Crippen LogP contribution in [0.1, 0.15) is 11.5 Å². The number of aromatic nitrogens is 4. The van der Waals surface area contributed by atoms with Crippen LogP contribution in [0, 0.1) is 13.8 Å². The van der Waals surface area contributed by atoms with Crippen molar-refractivity contribution in [3.05, 3.63) is 28.9 Å². The van der Waals surface area contributed by atoms with E-state index < -0.39 is 0 Å². The van der Waals surface area contributed by atoms with Gasteiger partial charge in [-0.15, -0.1) is 0 Å². The minimum Gasteiger partial charge on any atom is -0.285 e. The summed E-state index contributed by atoms with van der Waals surface area (Å²) in [7, 11) is 1.87. The molecule has 0 aliphatic rings. The molecule has 0 N–H and O–H groups in total. The van der Waals surface area contributed by atoms with Crippen molar-refractivity contribution in [2.45, 2.75) is 13.8 Å². The zero-order valence-corrected chi connectivity index (χ0v) is 9.08. The molecule has 0 bridgehead atoms. The number of hydrogen-bond donors (Lipinski definition) is 0. The maximum atomic E-state index is 6.15. The van der Waals surface area contributed by atoms with Crippen LogP contribution in [0.2, 0.25) is 5.02 Å². The van der Waals surface area contributed by atoms with Gasteiger partial charge in [0.2, 0.25) is 0 Å². The van der Waals surface area contributed by atoms with E-state index in [1.807, 2.05) is 31.7 Å². The SMILES string of the molecule is Cc1nccn1-c1nn(C)c(C)c1Cl. The molecule has 5 heteroatoms. The van der Waals surface area contributed by atoms with Gasteiger partial charge in [-0.05, 0) is 13.8 Å². The Bertz CT molecular complexity index is 469. The number of aryl methyl sites for hydroxylation is 2. The number of halogens is 1. The zero-order chi connectivity index (χ0) is 10.3. The van der Waals surface area contributed by atoms with Gasteiger partial charge in [-0.3, -0.25) is 9.25 Å². The molecule has 2 aromatic rings. The molecular formula is C9H11ClN4. The summed E-state index contributed by atoms with van der Waals surface area (Å²) in [5.41, 5.74) is 0.953. The normalized spacial score (nSPS) is 10.9. The molecule has 2 rings (SSSR count). The topological polar surface area (TPSA) is 35.6 Å². The van der Waals surface area contributed by atoms with Crippen molar-refractivity contribution < 1.29 is 0 Å². The molecule has 14 heavy (non-hydrogen) atoms. The summed E-state index contributed by atoms with van der Waals surface area (Å²) >= 11 is 6.15. The van der Waals surface area contributed by atoms with Crippen LogP contribution in [0.25, 0.3) is 5.82 Å². The Labute approximate surface area is 87.1 Å². The molecule has 2 heterocycles. The van der Waals surface area contributed by atoms with E-state index in [4.69, 9.17) is 11.6 Å². The summed E-state index contributed by atoms with van der Waals surface area (Å²) in [5.74, 6) is 1.62. The second-order valence-electron chi connectivity index (χ2n) is 3.19. The Kier molecular flexibility index (Phi) is 2.07. The molecule has 0 atom stereocenters. The van der Waals surface area contributed by atoms with Crippen molar-refractivity contribution in [1.29, 1.82) is 0 Å². The van der Waals surface area contributed by atoms with Crippen LogP contribution in [0.4, 0.5) is 0 Å². The van der Waals surface area contributed by atoms with Gasteiger partial charge in [0.15, 0.2) is 5.82 Å². The molecular weight excluding hydrogens is 200 g/mol. The van der Waals surface area contributed by atoms with Crippen LogP contribution in [0.5, 0.6) is 0 Å². The first kappa shape index (κ1) is 9.27. The predicted octanol–water partition coefficient (Wildman–Crippen LogP) is 1.88. The van der Waals surface area contributed by atoms with E-state index in [0.717, 1.165) is 17.3 Å². The Balaban J connectivity index is 2.63. The number of imidazole rings is 1. The van der Waals surface area contributed by atoms with Crippen LogP contribution < -0.4 is 0 Å². The molecule has 0 aliphatic heterocycles. The lowest BCUT2D eigenvalue weighted by Crippen LogP contribution is -1.98. The quantitative estimate of drug-likeness (QED) is 0.721. The molecule has 4 nitrogen and oxygen atoms in total. The predicted molar refractivity (Wildman–Crippen MR) is 54.8 cm³/mol. The molecule has 0 aromatic carbocycles. The van der Waals surface area contributed by atoms with E-state index in [0.29, 0.717) is 5.02 Å². The van der Waals surface area contributed by atoms with Gasteiger partial charge in [0.05, 0.1) is 5.69 Å². The Morgan fingerprint density at radius 2 is 2.07 bits per heavy atom. The Morgan fingerprint density at radius 1 is 1.36 bits per heavy atom. The summed E-state index contributed by atoms with van der Waals surface area (Å²) in [6.45, 7) is 3.85. The molecule has 0 spiro atoms. The average molecular weight is 211 g/mol. The lowest BCUT2D eigenvalue weighted by atomic mass is 10.4. The summed E-state index contributed by atoms with van der Waals surface area (Å²) in [4.78, 5) is 4.13. The second kappa shape index (κ2) is 3.13. The van der Waals surface area contributed by atoms with Gasteiger partial charge in [0, 0.05) is 19.4 Å². The molecule has 0 amide bonds. The van der Waals surface area contributed by atoms with E-state index in [1.165, 1.54) is 0 Å². The van der Waals surface area contributed by atoms with E-state index in [2.05, 4.69) is 10.1 Å². The van der Waals surface area contributed by atoms with Gasteiger partial charge in [0.1, 0.15) is 10.8 Å². The van der Waals surface area contributed by atoms with Gasteiger partial charge in [0.25, 0.3) is 0 Å². The van der Waals surface area contributed by atoms with Crippen LogP contribution in [-0.4, -0.2) is 19.3 Å². The molecule has 0 radical (unpaired) electrons. The molecule has 0 aliphatic carbocycles. The minimum atomic E-state index is 0.675. The average Bonchev–Trinajstić information content (AvgIpc) is 2.66. The van der Waals surface area contributed by atoms with Crippen molar-refractivity contribution in [3.63, 3.8) is 0 Å². The van der Waals surface area contributed by atoms with E-state index >= 15 is 0 Å². The first-order chi connectivity index (χ1) is 6.61. The maximum Gasteiger partial charge on any atom is 0.179 e. The number of rotatable bonds is 1. The molecule has 0 fully saturated rings. The standard InChI is InChI=1S/C9H11ClN4/c1-6-8(10)9(12-13(6)3)14-5-4-11-7(14)2/h4-5H,1-3H3. The van der Waals surface area contributed by atoms with Gasteiger partial charge < -0.3 is 0 Å². The number of nitrogens with zero attached hydrogens (tertiary/aromatic N) is 4. The van der Waals surface area contributed by atoms with Gasteiger partial charge >= 0.3 is 0 Å². The maximum absolute atomic E-state index is 6.15. The van der Waals surface area contributed by atoms with Crippen molar-refractivity contribution in [2.24, 2.45) is 7.05 Å². The fraction of sp³-hybridized carbons (Fsp3) is 0.333. The van der Waals surface area contributed by atoms with Gasteiger partial charge in [-0.1, -0.05) is 11.6 Å². The summed E-state index contributed by atoms with van der Waals surface area (Å²) < 4.78 is 3.63. The summed E-state index contributed by atoms with van der Waals surface area (Å²) in [6, 6.07) is 0. The van der Waals surface area contributed by atoms with Crippen LogP contribution in [0.3, 0.4) is 0 Å². The lowest BCUT2D eigenvalue weighted by molar-refractivity contribution is 0.725. The highest BCUT2D eigenvalue weighted by atomic mass is 35.5. The largest absolute Gasteiger partial charge is 0.285 e. The van der Waals surface area contributed by atoms with E-state index in [9.17, 15) is 0 Å². The molecule has 74 valence electrons. The third kappa shape index (κ3) is 1.23. The second-order valence-corrected chi connectivity index (χ2v) is 3.57. The third-order valence-electron chi connectivity index (χ3n) is 2.30. The van der Waals surface area contributed by atoms with Crippen molar-refractivity contribution in [1.82, 2.24) is 19.3 Å². The van der Waals surface area contributed by atoms with Crippen molar-refractivity contribution in [2.75, 3.05) is 0 Å².